The van der Waals surface area contributed by atoms with E-state index in [1.165, 1.54) is 10.7 Å². The van der Waals surface area contributed by atoms with Gasteiger partial charge in [0.05, 0.1) is 28.5 Å². The maximum atomic E-state index is 12.4. The van der Waals surface area contributed by atoms with E-state index in [4.69, 9.17) is 0 Å². The van der Waals surface area contributed by atoms with E-state index in [0.29, 0.717) is 19.5 Å². The van der Waals surface area contributed by atoms with Crippen LogP contribution in [0.5, 0.6) is 0 Å². The first kappa shape index (κ1) is 20.0. The number of nitrogens with one attached hydrogen (secondary N) is 1. The predicted octanol–water partition coefficient (Wildman–Crippen LogP) is 2.83. The van der Waals surface area contributed by atoms with Crippen molar-refractivity contribution in [2.75, 3.05) is 6.54 Å². The van der Waals surface area contributed by atoms with Crippen molar-refractivity contribution in [3.8, 4) is 10.6 Å². The van der Waals surface area contributed by atoms with Gasteiger partial charge >= 0.3 is 0 Å². The number of carbonyl (C=O) groups excluding carboxylic acids is 1. The number of rotatable bonds is 6. The normalized spacial score (nSPS) is 11.2. The first-order valence-corrected chi connectivity index (χ1v) is 10.6. The van der Waals surface area contributed by atoms with Gasteiger partial charge < -0.3 is 9.88 Å². The molecule has 0 bridgehead atoms. The average Bonchev–Trinajstić information content (AvgIpc) is 3.22. The Morgan fingerprint density at radius 2 is 1.97 bits per heavy atom. The van der Waals surface area contributed by atoms with Crippen LogP contribution in [0.4, 0.5) is 0 Å². The number of fused-ring (bicyclic) bond motifs is 1. The second-order valence-corrected chi connectivity index (χ2v) is 8.44. The summed E-state index contributed by atoms with van der Waals surface area (Å²) in [5, 5.41) is 9.40. The Morgan fingerprint density at radius 3 is 2.73 bits per heavy atom. The maximum Gasteiger partial charge on any atom is 0.266 e. The fourth-order valence-corrected chi connectivity index (χ4v) is 4.49. The van der Waals surface area contributed by atoms with Crippen LogP contribution in [-0.4, -0.2) is 31.8 Å². The maximum absolute atomic E-state index is 12.4. The number of para-hydroxylation sites is 1. The first-order valence-electron chi connectivity index (χ1n) is 9.74. The lowest BCUT2D eigenvalue weighted by Gasteiger charge is -2.08. The summed E-state index contributed by atoms with van der Waals surface area (Å²) in [5.74, 6) is -0.0792. The van der Waals surface area contributed by atoms with Gasteiger partial charge in [-0.1, -0.05) is 18.2 Å². The molecule has 0 unspecified atom stereocenters. The third-order valence-electron chi connectivity index (χ3n) is 4.98. The minimum atomic E-state index is -0.194. The minimum Gasteiger partial charge on any atom is -0.354 e. The second kappa shape index (κ2) is 8.23. The van der Waals surface area contributed by atoms with Crippen LogP contribution in [0.3, 0.4) is 0 Å². The van der Waals surface area contributed by atoms with E-state index >= 15 is 0 Å². The highest BCUT2D eigenvalue weighted by atomic mass is 32.1. The van der Waals surface area contributed by atoms with E-state index in [1.54, 1.807) is 17.4 Å². The summed E-state index contributed by atoms with van der Waals surface area (Å²) in [6, 6.07) is 11.2. The molecule has 8 heteroatoms. The lowest BCUT2D eigenvalue weighted by molar-refractivity contribution is -0.120. The van der Waals surface area contributed by atoms with Crippen LogP contribution >= 0.6 is 11.3 Å². The van der Waals surface area contributed by atoms with E-state index in [1.807, 2.05) is 55.9 Å². The highest BCUT2D eigenvalue weighted by molar-refractivity contribution is 7.15. The molecular weight excluding hydrogens is 398 g/mol. The quantitative estimate of drug-likeness (QED) is 0.519. The summed E-state index contributed by atoms with van der Waals surface area (Å²) in [7, 11) is 1.97. The molecule has 1 aromatic carbocycles. The van der Waals surface area contributed by atoms with E-state index in [9.17, 15) is 9.59 Å². The zero-order valence-corrected chi connectivity index (χ0v) is 18.0. The predicted molar refractivity (Wildman–Crippen MR) is 119 cm³/mol. The Labute approximate surface area is 178 Å². The molecule has 0 aliphatic carbocycles. The summed E-state index contributed by atoms with van der Waals surface area (Å²) in [5.41, 5.74) is 3.51. The van der Waals surface area contributed by atoms with Crippen molar-refractivity contribution in [3.63, 3.8) is 0 Å². The molecule has 3 heterocycles. The van der Waals surface area contributed by atoms with Gasteiger partial charge in [-0.2, -0.15) is 5.10 Å². The van der Waals surface area contributed by atoms with Crippen molar-refractivity contribution < 1.29 is 4.79 Å². The van der Waals surface area contributed by atoms with Gasteiger partial charge in [0.2, 0.25) is 5.91 Å². The van der Waals surface area contributed by atoms with Crippen molar-refractivity contribution in [1.82, 2.24) is 24.6 Å². The molecule has 154 valence electrons. The van der Waals surface area contributed by atoms with Crippen molar-refractivity contribution in [2.45, 2.75) is 26.8 Å². The second-order valence-electron chi connectivity index (χ2n) is 7.24. The van der Waals surface area contributed by atoms with E-state index in [0.717, 1.165) is 37.7 Å². The molecule has 0 spiro atoms. The lowest BCUT2D eigenvalue weighted by Crippen LogP contribution is -2.32. The van der Waals surface area contributed by atoms with Crippen molar-refractivity contribution >= 4 is 28.1 Å². The van der Waals surface area contributed by atoms with Gasteiger partial charge in [-0.15, -0.1) is 11.3 Å². The SMILES string of the molecule is Cc1nc(C)c(-c2ccc(=O)n(CCNC(=O)Cc3cn(C)c4ccccc34)n2)s1. The number of thiazole rings is 1. The molecule has 7 nitrogen and oxygen atoms in total. The van der Waals surface area contributed by atoms with Crippen LogP contribution in [0, 0.1) is 13.8 Å². The Balaban J connectivity index is 1.41. The van der Waals surface area contributed by atoms with Crippen molar-refractivity contribution in [3.05, 3.63) is 69.2 Å². The number of amides is 1. The molecule has 30 heavy (non-hydrogen) atoms. The Bertz CT molecular complexity index is 1280. The number of aryl methyl sites for hydroxylation is 3. The molecule has 0 saturated carbocycles. The highest BCUT2D eigenvalue weighted by Gasteiger charge is 2.12. The third-order valence-corrected chi connectivity index (χ3v) is 6.07. The van der Waals surface area contributed by atoms with Crippen LogP contribution in [0.25, 0.3) is 21.5 Å². The summed E-state index contributed by atoms with van der Waals surface area (Å²) in [4.78, 5) is 30.0. The van der Waals surface area contributed by atoms with Gasteiger partial charge in [-0.3, -0.25) is 9.59 Å². The molecule has 3 aromatic heterocycles. The van der Waals surface area contributed by atoms with Crippen LogP contribution in [0.15, 0.2) is 47.4 Å². The van der Waals surface area contributed by atoms with Crippen LogP contribution in [0.2, 0.25) is 0 Å². The average molecular weight is 422 g/mol. The van der Waals surface area contributed by atoms with Crippen LogP contribution in [0.1, 0.15) is 16.3 Å². The number of hydrogen-bond acceptors (Lipinski definition) is 5. The molecule has 0 radical (unpaired) electrons. The summed E-state index contributed by atoms with van der Waals surface area (Å²) in [6.07, 6.45) is 2.28. The Hall–Kier alpha value is -3.26. The van der Waals surface area contributed by atoms with E-state index < -0.39 is 0 Å². The third kappa shape index (κ3) is 4.04. The fraction of sp³-hybridized carbons (Fsp3) is 0.273. The molecule has 1 amide bonds. The van der Waals surface area contributed by atoms with E-state index in [-0.39, 0.29) is 11.5 Å². The Kier molecular flexibility index (Phi) is 5.50. The Morgan fingerprint density at radius 1 is 1.17 bits per heavy atom. The van der Waals surface area contributed by atoms with Gasteiger partial charge in [-0.05, 0) is 31.5 Å². The van der Waals surface area contributed by atoms with E-state index in [2.05, 4.69) is 15.4 Å². The number of hydrogen-bond donors (Lipinski definition) is 1. The summed E-state index contributed by atoms with van der Waals surface area (Å²) < 4.78 is 3.41. The number of aromatic nitrogens is 4. The number of benzene rings is 1. The molecule has 0 aliphatic heterocycles. The molecule has 4 rings (SSSR count). The monoisotopic (exact) mass is 421 g/mol. The smallest absolute Gasteiger partial charge is 0.266 e. The molecule has 1 N–H and O–H groups in total. The lowest BCUT2D eigenvalue weighted by atomic mass is 10.1. The van der Waals surface area contributed by atoms with Gasteiger partial charge in [-0.25, -0.2) is 9.67 Å². The van der Waals surface area contributed by atoms with Gasteiger partial charge in [0.25, 0.3) is 5.56 Å². The molecule has 0 atom stereocenters. The van der Waals surface area contributed by atoms with Crippen LogP contribution in [-0.2, 0) is 24.8 Å². The summed E-state index contributed by atoms with van der Waals surface area (Å²) in [6.45, 7) is 4.53. The standard InChI is InChI=1S/C22H23N5O2S/c1-14-22(30-15(2)24-14)18-8-9-21(29)27(25-18)11-10-23-20(28)12-16-13-26(3)19-7-5-4-6-17(16)19/h4-9,13H,10-12H2,1-3H3,(H,23,28). The van der Waals surface area contributed by atoms with Gasteiger partial charge in [0.15, 0.2) is 0 Å². The largest absolute Gasteiger partial charge is 0.354 e. The van der Waals surface area contributed by atoms with Crippen molar-refractivity contribution in [2.24, 2.45) is 7.05 Å². The molecular formula is C22H23N5O2S. The molecule has 0 fully saturated rings. The minimum absolute atomic E-state index is 0.0792. The van der Waals surface area contributed by atoms with Crippen molar-refractivity contribution in [1.29, 1.82) is 0 Å². The zero-order valence-electron chi connectivity index (χ0n) is 17.2. The summed E-state index contributed by atoms with van der Waals surface area (Å²) >= 11 is 1.55. The first-order chi connectivity index (χ1) is 14.4. The topological polar surface area (TPSA) is 81.8 Å². The van der Waals surface area contributed by atoms with Gasteiger partial charge in [0.1, 0.15) is 5.69 Å². The van der Waals surface area contributed by atoms with Gasteiger partial charge in [0, 0.05) is 36.8 Å². The fourth-order valence-electron chi connectivity index (χ4n) is 3.60. The highest BCUT2D eigenvalue weighted by Crippen LogP contribution is 2.27. The number of carbonyl (C=O) groups is 1. The number of nitrogens with zero attached hydrogens (tertiary/aromatic N) is 4. The molecule has 0 saturated heterocycles. The van der Waals surface area contributed by atoms with Crippen LogP contribution < -0.4 is 10.9 Å². The molecule has 0 aliphatic rings. The molecule has 4 aromatic rings. The zero-order chi connectivity index (χ0) is 21.3.